The molecule has 3 rings (SSSR count). The molecule has 0 amide bonds. The van der Waals surface area contributed by atoms with E-state index in [4.69, 9.17) is 11.6 Å². The third kappa shape index (κ3) is 2.05. The Kier molecular flexibility index (Phi) is 2.81. The summed E-state index contributed by atoms with van der Waals surface area (Å²) < 4.78 is 0.906. The van der Waals surface area contributed by atoms with E-state index in [-0.39, 0.29) is 0 Å². The van der Waals surface area contributed by atoms with E-state index in [0.29, 0.717) is 5.02 Å². The van der Waals surface area contributed by atoms with Crippen LogP contribution in [0.2, 0.25) is 5.02 Å². The molecule has 1 aromatic carbocycles. The van der Waals surface area contributed by atoms with Gasteiger partial charge in [0, 0.05) is 23.8 Å². The largest absolute Gasteiger partial charge is 0.347 e. The zero-order valence-corrected chi connectivity index (χ0v) is 11.4. The molecule has 2 nitrogen and oxygen atoms in total. The van der Waals surface area contributed by atoms with Gasteiger partial charge in [0.1, 0.15) is 5.82 Å². The van der Waals surface area contributed by atoms with Crippen LogP contribution in [0.3, 0.4) is 0 Å². The van der Waals surface area contributed by atoms with Crippen molar-refractivity contribution in [3.63, 3.8) is 0 Å². The highest BCUT2D eigenvalue weighted by Crippen LogP contribution is 2.32. The van der Waals surface area contributed by atoms with E-state index in [2.05, 4.69) is 50.1 Å². The summed E-state index contributed by atoms with van der Waals surface area (Å²) >= 11 is 9.59. The Morgan fingerprint density at radius 1 is 1.18 bits per heavy atom. The van der Waals surface area contributed by atoms with Crippen molar-refractivity contribution >= 4 is 33.3 Å². The van der Waals surface area contributed by atoms with Crippen LogP contribution < -0.4 is 4.90 Å². The highest BCUT2D eigenvalue weighted by atomic mass is 79.9. The van der Waals surface area contributed by atoms with E-state index >= 15 is 0 Å². The van der Waals surface area contributed by atoms with Gasteiger partial charge < -0.3 is 4.90 Å². The third-order valence-corrected chi connectivity index (χ3v) is 3.64. The Morgan fingerprint density at radius 2 is 1.82 bits per heavy atom. The summed E-state index contributed by atoms with van der Waals surface area (Å²) in [5, 5.41) is 0.687. The van der Waals surface area contributed by atoms with E-state index in [1.54, 1.807) is 6.20 Å². The Morgan fingerprint density at radius 3 is 2.41 bits per heavy atom. The second-order valence-corrected chi connectivity index (χ2v) is 5.41. The zero-order chi connectivity index (χ0) is 11.8. The molecule has 17 heavy (non-hydrogen) atoms. The fraction of sp³-hybridized carbons (Fsp3) is 0.154. The SMILES string of the molecule is Clc1cc(Br)cnc1N1Cc2ccccc2C1. The first-order valence-electron chi connectivity index (χ1n) is 5.37. The molecular weight excluding hydrogens is 300 g/mol. The third-order valence-electron chi connectivity index (χ3n) is 2.93. The molecule has 1 aromatic heterocycles. The summed E-state index contributed by atoms with van der Waals surface area (Å²) in [4.78, 5) is 6.58. The average Bonchev–Trinajstić information content (AvgIpc) is 2.72. The van der Waals surface area contributed by atoms with Gasteiger partial charge in [-0.3, -0.25) is 0 Å². The van der Waals surface area contributed by atoms with E-state index in [1.807, 2.05) is 6.07 Å². The molecule has 0 aliphatic carbocycles. The fourth-order valence-corrected chi connectivity index (χ4v) is 2.87. The molecule has 0 atom stereocenters. The fourth-order valence-electron chi connectivity index (χ4n) is 2.12. The van der Waals surface area contributed by atoms with Crippen LogP contribution >= 0.6 is 27.5 Å². The lowest BCUT2D eigenvalue weighted by atomic mass is 10.1. The molecular formula is C13H10BrClN2. The first kappa shape index (κ1) is 11.1. The van der Waals surface area contributed by atoms with Gasteiger partial charge in [0.15, 0.2) is 0 Å². The van der Waals surface area contributed by atoms with Crippen LogP contribution in [0, 0.1) is 0 Å². The molecule has 0 N–H and O–H groups in total. The number of hydrogen-bond acceptors (Lipinski definition) is 2. The number of fused-ring (bicyclic) bond motifs is 1. The second-order valence-electron chi connectivity index (χ2n) is 4.08. The molecule has 2 aromatic rings. The van der Waals surface area contributed by atoms with Crippen LogP contribution in [0.15, 0.2) is 41.0 Å². The first-order valence-corrected chi connectivity index (χ1v) is 6.54. The van der Waals surface area contributed by atoms with Gasteiger partial charge in [0.05, 0.1) is 5.02 Å². The second kappa shape index (κ2) is 4.31. The molecule has 0 radical (unpaired) electrons. The zero-order valence-electron chi connectivity index (χ0n) is 9.03. The van der Waals surface area contributed by atoms with Crippen LogP contribution in [0.5, 0.6) is 0 Å². The number of anilines is 1. The van der Waals surface area contributed by atoms with Crippen molar-refractivity contribution < 1.29 is 0 Å². The number of benzene rings is 1. The van der Waals surface area contributed by atoms with E-state index in [9.17, 15) is 0 Å². The summed E-state index contributed by atoms with van der Waals surface area (Å²) in [6.07, 6.45) is 1.78. The van der Waals surface area contributed by atoms with Gasteiger partial charge in [-0.25, -0.2) is 4.98 Å². The predicted molar refractivity (Wildman–Crippen MR) is 73.3 cm³/mol. The van der Waals surface area contributed by atoms with Gasteiger partial charge in [0.25, 0.3) is 0 Å². The van der Waals surface area contributed by atoms with Gasteiger partial charge in [-0.15, -0.1) is 0 Å². The topological polar surface area (TPSA) is 16.1 Å². The van der Waals surface area contributed by atoms with E-state index in [0.717, 1.165) is 23.4 Å². The van der Waals surface area contributed by atoms with Crippen molar-refractivity contribution in [1.29, 1.82) is 0 Å². The van der Waals surface area contributed by atoms with Gasteiger partial charge in [-0.2, -0.15) is 0 Å². The van der Waals surface area contributed by atoms with Gasteiger partial charge in [0.2, 0.25) is 0 Å². The Hall–Kier alpha value is -1.06. The monoisotopic (exact) mass is 308 g/mol. The van der Waals surface area contributed by atoms with Gasteiger partial charge in [-0.05, 0) is 33.1 Å². The molecule has 0 unspecified atom stereocenters. The van der Waals surface area contributed by atoms with Crippen molar-refractivity contribution in [3.05, 3.63) is 57.2 Å². The minimum atomic E-state index is 0.687. The minimum absolute atomic E-state index is 0.687. The number of halogens is 2. The molecule has 4 heteroatoms. The summed E-state index contributed by atoms with van der Waals surface area (Å²) in [5.74, 6) is 0.853. The average molecular weight is 310 g/mol. The van der Waals surface area contributed by atoms with Gasteiger partial charge in [-0.1, -0.05) is 35.9 Å². The predicted octanol–water partition coefficient (Wildman–Crippen LogP) is 4.02. The van der Waals surface area contributed by atoms with Crippen molar-refractivity contribution in [3.8, 4) is 0 Å². The molecule has 0 fully saturated rings. The van der Waals surface area contributed by atoms with Crippen molar-refractivity contribution in [2.24, 2.45) is 0 Å². The molecule has 1 aliphatic rings. The van der Waals surface area contributed by atoms with E-state index < -0.39 is 0 Å². The van der Waals surface area contributed by atoms with Crippen molar-refractivity contribution in [2.45, 2.75) is 13.1 Å². The highest BCUT2D eigenvalue weighted by Gasteiger charge is 2.21. The number of hydrogen-bond donors (Lipinski definition) is 0. The maximum Gasteiger partial charge on any atom is 0.148 e. The molecule has 0 bridgehead atoms. The molecule has 1 aliphatic heterocycles. The van der Waals surface area contributed by atoms with Crippen molar-refractivity contribution in [1.82, 2.24) is 4.98 Å². The Bertz CT molecular complexity index is 546. The van der Waals surface area contributed by atoms with Crippen LogP contribution in [0.4, 0.5) is 5.82 Å². The van der Waals surface area contributed by atoms with Gasteiger partial charge >= 0.3 is 0 Å². The van der Waals surface area contributed by atoms with Crippen LogP contribution in [0.25, 0.3) is 0 Å². The lowest BCUT2D eigenvalue weighted by Gasteiger charge is -2.17. The lowest BCUT2D eigenvalue weighted by molar-refractivity contribution is 0.856. The number of pyridine rings is 1. The van der Waals surface area contributed by atoms with Crippen LogP contribution in [-0.2, 0) is 13.1 Å². The summed E-state index contributed by atoms with van der Waals surface area (Å²) in [6.45, 7) is 1.76. The van der Waals surface area contributed by atoms with E-state index in [1.165, 1.54) is 11.1 Å². The summed E-state index contributed by atoms with van der Waals surface area (Å²) in [6, 6.07) is 10.3. The molecule has 0 spiro atoms. The van der Waals surface area contributed by atoms with Crippen LogP contribution in [-0.4, -0.2) is 4.98 Å². The number of nitrogens with zero attached hydrogens (tertiary/aromatic N) is 2. The quantitative estimate of drug-likeness (QED) is 0.791. The highest BCUT2D eigenvalue weighted by molar-refractivity contribution is 9.10. The number of aromatic nitrogens is 1. The lowest BCUT2D eigenvalue weighted by Crippen LogP contribution is -2.16. The Labute approximate surface area is 113 Å². The normalized spacial score (nSPS) is 13.9. The summed E-state index contributed by atoms with van der Waals surface area (Å²) in [5.41, 5.74) is 2.71. The minimum Gasteiger partial charge on any atom is -0.347 e. The smallest absolute Gasteiger partial charge is 0.148 e. The Balaban J connectivity index is 1.94. The number of rotatable bonds is 1. The summed E-state index contributed by atoms with van der Waals surface area (Å²) in [7, 11) is 0. The maximum absolute atomic E-state index is 6.22. The molecule has 2 heterocycles. The molecule has 0 saturated heterocycles. The maximum atomic E-state index is 6.22. The molecule has 86 valence electrons. The van der Waals surface area contributed by atoms with Crippen molar-refractivity contribution in [2.75, 3.05) is 4.90 Å². The molecule has 0 saturated carbocycles. The first-order chi connectivity index (χ1) is 8.24. The standard InChI is InChI=1S/C13H10BrClN2/c14-11-5-12(15)13(16-6-11)17-7-9-3-1-2-4-10(9)8-17/h1-6H,7-8H2. The van der Waals surface area contributed by atoms with Crippen LogP contribution in [0.1, 0.15) is 11.1 Å².